The molecule has 76 valence electrons. The predicted molar refractivity (Wildman–Crippen MR) is 62.0 cm³/mol. The lowest BCUT2D eigenvalue weighted by atomic mass is 10.3. The summed E-state index contributed by atoms with van der Waals surface area (Å²) in [5.74, 6) is 0. The summed E-state index contributed by atoms with van der Waals surface area (Å²) in [5, 5.41) is 6.92. The van der Waals surface area contributed by atoms with Gasteiger partial charge in [0.05, 0.1) is 0 Å². The molecule has 1 rings (SSSR count). The maximum Gasteiger partial charge on any atom is 0.166 e. The number of pyridine rings is 1. The Morgan fingerprint density at radius 2 is 2.36 bits per heavy atom. The molecule has 0 bridgehead atoms. The second-order valence-electron chi connectivity index (χ2n) is 2.97. The lowest BCUT2D eigenvalue weighted by Gasteiger charge is -2.08. The van der Waals surface area contributed by atoms with E-state index in [1.165, 1.54) is 0 Å². The summed E-state index contributed by atoms with van der Waals surface area (Å²) >= 11 is 5.08. The third kappa shape index (κ3) is 4.18. The Balaban J connectivity index is 2.24. The van der Waals surface area contributed by atoms with Crippen LogP contribution in [0.2, 0.25) is 0 Å². The van der Waals surface area contributed by atoms with Gasteiger partial charge < -0.3 is 10.6 Å². The van der Waals surface area contributed by atoms with Crippen LogP contribution in [-0.2, 0) is 6.54 Å². The molecule has 2 N–H and O–H groups in total. The van der Waals surface area contributed by atoms with Gasteiger partial charge in [-0.25, -0.2) is 0 Å². The first-order valence-electron chi connectivity index (χ1n) is 4.73. The first-order chi connectivity index (χ1) is 6.83. The Morgan fingerprint density at radius 3 is 3.00 bits per heavy atom. The summed E-state index contributed by atoms with van der Waals surface area (Å²) < 4.78 is 0. The van der Waals surface area contributed by atoms with Crippen LogP contribution in [-0.4, -0.2) is 16.6 Å². The second-order valence-corrected chi connectivity index (χ2v) is 3.38. The molecule has 0 unspecified atom stereocenters. The van der Waals surface area contributed by atoms with E-state index in [0.717, 1.165) is 25.1 Å². The SMILES string of the molecule is CCCNC(=S)NCc1cccnc1. The molecule has 0 spiro atoms. The molecular formula is C10H15N3S. The maximum absolute atomic E-state index is 5.08. The predicted octanol–water partition coefficient (Wildman–Crippen LogP) is 1.46. The number of thiocarbonyl (C=S) groups is 1. The molecule has 0 aliphatic heterocycles. The van der Waals surface area contributed by atoms with Crippen molar-refractivity contribution in [3.8, 4) is 0 Å². The maximum atomic E-state index is 5.08. The third-order valence-corrected chi connectivity index (χ3v) is 2.00. The fourth-order valence-corrected chi connectivity index (χ4v) is 1.16. The van der Waals surface area contributed by atoms with Gasteiger partial charge in [0, 0.05) is 25.5 Å². The highest BCUT2D eigenvalue weighted by Crippen LogP contribution is 1.93. The van der Waals surface area contributed by atoms with E-state index in [0.29, 0.717) is 5.11 Å². The summed E-state index contributed by atoms with van der Waals surface area (Å²) in [6, 6.07) is 3.93. The van der Waals surface area contributed by atoms with Gasteiger partial charge in [-0.15, -0.1) is 0 Å². The van der Waals surface area contributed by atoms with Gasteiger partial charge in [0.25, 0.3) is 0 Å². The van der Waals surface area contributed by atoms with E-state index >= 15 is 0 Å². The number of nitrogens with zero attached hydrogens (tertiary/aromatic N) is 1. The average Bonchev–Trinajstić information content (AvgIpc) is 2.25. The Morgan fingerprint density at radius 1 is 1.50 bits per heavy atom. The van der Waals surface area contributed by atoms with Gasteiger partial charge in [0.1, 0.15) is 0 Å². The minimum atomic E-state index is 0.704. The van der Waals surface area contributed by atoms with Crippen molar-refractivity contribution >= 4 is 17.3 Å². The van der Waals surface area contributed by atoms with Crippen LogP contribution in [0.25, 0.3) is 0 Å². The van der Waals surface area contributed by atoms with E-state index in [1.54, 1.807) is 6.20 Å². The van der Waals surface area contributed by atoms with Gasteiger partial charge in [-0.3, -0.25) is 4.98 Å². The van der Waals surface area contributed by atoms with Crippen molar-refractivity contribution in [3.63, 3.8) is 0 Å². The van der Waals surface area contributed by atoms with Gasteiger partial charge in [-0.1, -0.05) is 13.0 Å². The number of nitrogens with one attached hydrogen (secondary N) is 2. The van der Waals surface area contributed by atoms with Crippen molar-refractivity contribution in [1.29, 1.82) is 0 Å². The van der Waals surface area contributed by atoms with Crippen LogP contribution in [0.3, 0.4) is 0 Å². The van der Waals surface area contributed by atoms with Gasteiger partial charge in [0.2, 0.25) is 0 Å². The van der Waals surface area contributed by atoms with E-state index < -0.39 is 0 Å². The molecule has 0 atom stereocenters. The molecule has 0 saturated heterocycles. The molecule has 0 aromatic carbocycles. The van der Waals surface area contributed by atoms with E-state index in [4.69, 9.17) is 12.2 Å². The lowest BCUT2D eigenvalue weighted by Crippen LogP contribution is -2.35. The molecule has 3 nitrogen and oxygen atoms in total. The van der Waals surface area contributed by atoms with Crippen molar-refractivity contribution in [2.24, 2.45) is 0 Å². The first kappa shape index (κ1) is 10.9. The Labute approximate surface area is 89.9 Å². The van der Waals surface area contributed by atoms with E-state index in [9.17, 15) is 0 Å². The fourth-order valence-electron chi connectivity index (χ4n) is 0.986. The number of hydrogen-bond acceptors (Lipinski definition) is 2. The van der Waals surface area contributed by atoms with Crippen LogP contribution in [0.15, 0.2) is 24.5 Å². The van der Waals surface area contributed by atoms with Crippen LogP contribution in [0, 0.1) is 0 Å². The molecule has 0 amide bonds. The average molecular weight is 209 g/mol. The molecule has 14 heavy (non-hydrogen) atoms. The first-order valence-corrected chi connectivity index (χ1v) is 5.14. The van der Waals surface area contributed by atoms with Crippen LogP contribution in [0.4, 0.5) is 0 Å². The van der Waals surface area contributed by atoms with Crippen LogP contribution in [0.1, 0.15) is 18.9 Å². The lowest BCUT2D eigenvalue weighted by molar-refractivity contribution is 0.798. The van der Waals surface area contributed by atoms with Gasteiger partial charge >= 0.3 is 0 Å². The van der Waals surface area contributed by atoms with Crippen LogP contribution in [0.5, 0.6) is 0 Å². The molecule has 4 heteroatoms. The van der Waals surface area contributed by atoms with Gasteiger partial charge in [-0.05, 0) is 30.3 Å². The molecular weight excluding hydrogens is 194 g/mol. The van der Waals surface area contributed by atoms with Gasteiger partial charge in [-0.2, -0.15) is 0 Å². The van der Waals surface area contributed by atoms with E-state index in [1.807, 2.05) is 18.3 Å². The topological polar surface area (TPSA) is 37.0 Å². The van der Waals surface area contributed by atoms with Crippen molar-refractivity contribution in [2.45, 2.75) is 19.9 Å². The molecule has 0 aliphatic carbocycles. The Hall–Kier alpha value is -1.16. The van der Waals surface area contributed by atoms with Crippen molar-refractivity contribution in [3.05, 3.63) is 30.1 Å². The third-order valence-electron chi connectivity index (χ3n) is 1.71. The van der Waals surface area contributed by atoms with Crippen LogP contribution < -0.4 is 10.6 Å². The molecule has 0 aliphatic rings. The summed E-state index contributed by atoms with van der Waals surface area (Å²) in [7, 11) is 0. The normalized spacial score (nSPS) is 9.50. The summed E-state index contributed by atoms with van der Waals surface area (Å²) in [6.07, 6.45) is 4.67. The highest BCUT2D eigenvalue weighted by Gasteiger charge is 1.94. The quantitative estimate of drug-likeness (QED) is 0.736. The second kappa shape index (κ2) is 6.32. The smallest absolute Gasteiger partial charge is 0.166 e. The highest BCUT2D eigenvalue weighted by atomic mass is 32.1. The molecule has 0 radical (unpaired) electrons. The number of hydrogen-bond donors (Lipinski definition) is 2. The minimum Gasteiger partial charge on any atom is -0.363 e. The van der Waals surface area contributed by atoms with E-state index in [-0.39, 0.29) is 0 Å². The van der Waals surface area contributed by atoms with Crippen molar-refractivity contribution < 1.29 is 0 Å². The zero-order valence-corrected chi connectivity index (χ0v) is 9.10. The molecule has 0 fully saturated rings. The molecule has 1 aromatic heterocycles. The number of aromatic nitrogens is 1. The summed E-state index contributed by atoms with van der Waals surface area (Å²) in [6.45, 7) is 3.75. The monoisotopic (exact) mass is 209 g/mol. The number of rotatable bonds is 4. The standard InChI is InChI=1S/C10H15N3S/c1-2-5-12-10(14)13-8-9-4-3-6-11-7-9/h3-4,6-7H,2,5,8H2,1H3,(H2,12,13,14). The Bertz CT molecular complexity index is 274. The van der Waals surface area contributed by atoms with Crippen LogP contribution >= 0.6 is 12.2 Å². The van der Waals surface area contributed by atoms with Crippen molar-refractivity contribution in [2.75, 3.05) is 6.54 Å². The van der Waals surface area contributed by atoms with E-state index in [2.05, 4.69) is 22.5 Å². The molecule has 0 saturated carbocycles. The van der Waals surface area contributed by atoms with Gasteiger partial charge in [0.15, 0.2) is 5.11 Å². The van der Waals surface area contributed by atoms with Crippen molar-refractivity contribution in [1.82, 2.24) is 15.6 Å². The fraction of sp³-hybridized carbons (Fsp3) is 0.400. The zero-order valence-electron chi connectivity index (χ0n) is 8.29. The highest BCUT2D eigenvalue weighted by molar-refractivity contribution is 7.80. The zero-order chi connectivity index (χ0) is 10.2. The minimum absolute atomic E-state index is 0.704. The largest absolute Gasteiger partial charge is 0.363 e. The molecule has 1 aromatic rings. The Kier molecular flexibility index (Phi) is 4.93. The summed E-state index contributed by atoms with van der Waals surface area (Å²) in [5.41, 5.74) is 1.13. The summed E-state index contributed by atoms with van der Waals surface area (Å²) in [4.78, 5) is 4.02. The molecule has 1 heterocycles.